The predicted molar refractivity (Wildman–Crippen MR) is 83.4 cm³/mol. The van der Waals surface area contributed by atoms with Crippen LogP contribution in [0.2, 0.25) is 0 Å². The van der Waals surface area contributed by atoms with E-state index < -0.39 is 30.0 Å². The summed E-state index contributed by atoms with van der Waals surface area (Å²) in [6.07, 6.45) is 2.97. The van der Waals surface area contributed by atoms with E-state index in [4.69, 9.17) is 9.84 Å². The molecule has 23 heavy (non-hydrogen) atoms. The summed E-state index contributed by atoms with van der Waals surface area (Å²) < 4.78 is 18.2. The van der Waals surface area contributed by atoms with Gasteiger partial charge in [0.1, 0.15) is 12.4 Å². The molecule has 1 saturated carbocycles. The van der Waals surface area contributed by atoms with E-state index in [9.17, 15) is 14.0 Å². The summed E-state index contributed by atoms with van der Waals surface area (Å²) >= 11 is 0. The van der Waals surface area contributed by atoms with Crippen LogP contribution < -0.4 is 10.1 Å². The van der Waals surface area contributed by atoms with Crippen molar-refractivity contribution in [2.24, 2.45) is 0 Å². The normalized spacial score (nSPS) is 17.5. The van der Waals surface area contributed by atoms with E-state index in [2.05, 4.69) is 5.32 Å². The minimum absolute atomic E-state index is 0.425. The fourth-order valence-corrected chi connectivity index (χ4v) is 3.21. The van der Waals surface area contributed by atoms with E-state index in [0.717, 1.165) is 24.0 Å². The van der Waals surface area contributed by atoms with Crippen LogP contribution in [0.25, 0.3) is 0 Å². The van der Waals surface area contributed by atoms with Crippen LogP contribution in [-0.2, 0) is 15.0 Å². The Balaban J connectivity index is 2.36. The number of alkyl halides is 1. The highest BCUT2D eigenvalue weighted by molar-refractivity contribution is 5.92. The van der Waals surface area contributed by atoms with E-state index in [-0.39, 0.29) is 0 Å². The number of aliphatic carboxylic acids is 1. The molecule has 0 radical (unpaired) electrons. The molecule has 6 heteroatoms. The van der Waals surface area contributed by atoms with E-state index in [1.165, 1.54) is 0 Å². The lowest BCUT2D eigenvalue weighted by molar-refractivity contribution is -0.143. The van der Waals surface area contributed by atoms with Gasteiger partial charge in [-0.05, 0) is 37.0 Å². The molecule has 0 spiro atoms. The van der Waals surface area contributed by atoms with Gasteiger partial charge in [0.25, 0.3) is 0 Å². The fourth-order valence-electron chi connectivity index (χ4n) is 3.21. The van der Waals surface area contributed by atoms with Crippen LogP contribution >= 0.6 is 0 Å². The standard InChI is InChI=1S/C17H22FNO4/c1-11-5-6-12(9-14(11)23-2)17(7-3-4-8-17)16(22)19-13(10-18)15(20)21/h5-6,9,13H,3-4,7-8,10H2,1-2H3,(H,19,22)(H,20,21). The first kappa shape index (κ1) is 17.2. The number of halogens is 1. The topological polar surface area (TPSA) is 75.6 Å². The maximum atomic E-state index is 12.8. The highest BCUT2D eigenvalue weighted by Crippen LogP contribution is 2.42. The fraction of sp³-hybridized carbons (Fsp3) is 0.529. The van der Waals surface area contributed by atoms with Crippen molar-refractivity contribution in [3.05, 3.63) is 29.3 Å². The molecule has 126 valence electrons. The SMILES string of the molecule is COc1cc(C2(C(=O)NC(CF)C(=O)O)CCCC2)ccc1C. The summed E-state index contributed by atoms with van der Waals surface area (Å²) in [7, 11) is 1.57. The second kappa shape index (κ2) is 6.98. The van der Waals surface area contributed by atoms with Crippen molar-refractivity contribution in [3.63, 3.8) is 0 Å². The number of carbonyl (C=O) groups is 2. The molecule has 1 aromatic rings. The highest BCUT2D eigenvalue weighted by atomic mass is 19.1. The minimum atomic E-state index is -1.51. The van der Waals surface area contributed by atoms with E-state index in [0.29, 0.717) is 18.6 Å². The van der Waals surface area contributed by atoms with Gasteiger partial charge in [0.05, 0.1) is 12.5 Å². The zero-order chi connectivity index (χ0) is 17.0. The second-order valence-corrected chi connectivity index (χ2v) is 5.99. The molecule has 0 aromatic heterocycles. The molecule has 5 nitrogen and oxygen atoms in total. The number of carboxylic acids is 1. The van der Waals surface area contributed by atoms with Gasteiger partial charge in [-0.1, -0.05) is 25.0 Å². The van der Waals surface area contributed by atoms with Crippen LogP contribution in [0, 0.1) is 6.92 Å². The molecule has 0 heterocycles. The van der Waals surface area contributed by atoms with Crippen LogP contribution in [0.15, 0.2) is 18.2 Å². The molecule has 1 unspecified atom stereocenters. The van der Waals surface area contributed by atoms with Crippen LogP contribution in [0.3, 0.4) is 0 Å². The molecule has 1 atom stereocenters. The Kier molecular flexibility index (Phi) is 5.23. The Morgan fingerprint density at radius 1 is 1.39 bits per heavy atom. The monoisotopic (exact) mass is 323 g/mol. The molecule has 1 fully saturated rings. The zero-order valence-corrected chi connectivity index (χ0v) is 13.4. The number of benzene rings is 1. The number of nitrogens with one attached hydrogen (secondary N) is 1. The predicted octanol–water partition coefficient (Wildman–Crippen LogP) is 2.35. The number of aryl methyl sites for hydroxylation is 1. The Hall–Kier alpha value is -2.11. The van der Waals surface area contributed by atoms with Crippen molar-refractivity contribution in [2.75, 3.05) is 13.8 Å². The Morgan fingerprint density at radius 2 is 2.04 bits per heavy atom. The van der Waals surface area contributed by atoms with Gasteiger partial charge in [0.15, 0.2) is 6.04 Å². The average molecular weight is 323 g/mol. The maximum Gasteiger partial charge on any atom is 0.328 e. The highest BCUT2D eigenvalue weighted by Gasteiger charge is 2.44. The first-order chi connectivity index (χ1) is 10.9. The maximum absolute atomic E-state index is 12.8. The number of carboxylic acid groups (broad SMARTS) is 1. The molecular formula is C17H22FNO4. The third-order valence-corrected chi connectivity index (χ3v) is 4.61. The summed E-state index contributed by atoms with van der Waals surface area (Å²) in [5.74, 6) is -1.11. The minimum Gasteiger partial charge on any atom is -0.496 e. The first-order valence-corrected chi connectivity index (χ1v) is 7.69. The van der Waals surface area contributed by atoms with Crippen molar-refractivity contribution in [3.8, 4) is 5.75 Å². The number of amides is 1. The van der Waals surface area contributed by atoms with Gasteiger partial charge in [-0.3, -0.25) is 4.79 Å². The Bertz CT molecular complexity index is 596. The molecule has 0 bridgehead atoms. The summed E-state index contributed by atoms with van der Waals surface area (Å²) in [5, 5.41) is 11.3. The van der Waals surface area contributed by atoms with Crippen LogP contribution in [-0.4, -0.2) is 36.8 Å². The van der Waals surface area contributed by atoms with Crippen molar-refractivity contribution in [1.82, 2.24) is 5.32 Å². The number of rotatable bonds is 6. The average Bonchev–Trinajstić information content (AvgIpc) is 3.03. The smallest absolute Gasteiger partial charge is 0.328 e. The molecule has 2 N–H and O–H groups in total. The largest absolute Gasteiger partial charge is 0.496 e. The van der Waals surface area contributed by atoms with Crippen molar-refractivity contribution >= 4 is 11.9 Å². The number of hydrogen-bond donors (Lipinski definition) is 2. The lowest BCUT2D eigenvalue weighted by Crippen LogP contribution is -2.50. The van der Waals surface area contributed by atoms with Crippen molar-refractivity contribution < 1.29 is 23.8 Å². The van der Waals surface area contributed by atoms with E-state index in [1.54, 1.807) is 7.11 Å². The lowest BCUT2D eigenvalue weighted by Gasteiger charge is -2.30. The number of carbonyl (C=O) groups excluding carboxylic acids is 1. The van der Waals surface area contributed by atoms with Crippen molar-refractivity contribution in [1.29, 1.82) is 0 Å². The molecule has 2 rings (SSSR count). The summed E-state index contributed by atoms with van der Waals surface area (Å²) in [5.41, 5.74) is 0.930. The number of methoxy groups -OCH3 is 1. The van der Waals surface area contributed by atoms with Gasteiger partial charge in [0.2, 0.25) is 5.91 Å². The molecule has 0 saturated heterocycles. The summed E-state index contributed by atoms with van der Waals surface area (Å²) in [6, 6.07) is 4.07. The lowest BCUT2D eigenvalue weighted by atomic mass is 9.77. The van der Waals surface area contributed by atoms with Gasteiger partial charge in [-0.15, -0.1) is 0 Å². The van der Waals surface area contributed by atoms with Crippen molar-refractivity contribution in [2.45, 2.75) is 44.1 Å². The van der Waals surface area contributed by atoms with Gasteiger partial charge >= 0.3 is 5.97 Å². The first-order valence-electron chi connectivity index (χ1n) is 7.69. The van der Waals surface area contributed by atoms with Crippen LogP contribution in [0.4, 0.5) is 4.39 Å². The van der Waals surface area contributed by atoms with Gasteiger partial charge < -0.3 is 15.2 Å². The molecule has 0 aliphatic heterocycles. The van der Waals surface area contributed by atoms with E-state index >= 15 is 0 Å². The molecule has 1 aromatic carbocycles. The third kappa shape index (κ3) is 3.30. The van der Waals surface area contributed by atoms with Gasteiger partial charge in [-0.25, -0.2) is 9.18 Å². The van der Waals surface area contributed by atoms with Crippen LogP contribution in [0.5, 0.6) is 5.75 Å². The molecule has 1 amide bonds. The number of ether oxygens (including phenoxy) is 1. The third-order valence-electron chi connectivity index (χ3n) is 4.61. The second-order valence-electron chi connectivity index (χ2n) is 5.99. The van der Waals surface area contributed by atoms with E-state index in [1.807, 2.05) is 25.1 Å². The van der Waals surface area contributed by atoms with Gasteiger partial charge in [-0.2, -0.15) is 0 Å². The van der Waals surface area contributed by atoms with Gasteiger partial charge in [0, 0.05) is 0 Å². The molecule has 1 aliphatic rings. The summed E-state index contributed by atoms with van der Waals surface area (Å²) in [6.45, 7) is 0.780. The molecular weight excluding hydrogens is 301 g/mol. The summed E-state index contributed by atoms with van der Waals surface area (Å²) in [4.78, 5) is 23.7. The Labute approximate surface area is 134 Å². The molecule has 1 aliphatic carbocycles. The number of hydrogen-bond acceptors (Lipinski definition) is 3. The quantitative estimate of drug-likeness (QED) is 0.842. The van der Waals surface area contributed by atoms with Crippen LogP contribution in [0.1, 0.15) is 36.8 Å². The zero-order valence-electron chi connectivity index (χ0n) is 13.4. The Morgan fingerprint density at radius 3 is 2.57 bits per heavy atom.